The van der Waals surface area contributed by atoms with E-state index in [2.05, 4.69) is 30.9 Å². The number of hydrogen-bond donors (Lipinski definition) is 0. The second kappa shape index (κ2) is 7.46. The van der Waals surface area contributed by atoms with Gasteiger partial charge in [-0.05, 0) is 56.4 Å². The summed E-state index contributed by atoms with van der Waals surface area (Å²) in [5.41, 5.74) is 2.25. The van der Waals surface area contributed by atoms with Crippen molar-refractivity contribution in [3.05, 3.63) is 29.3 Å². The molecule has 1 saturated carbocycles. The molecule has 0 spiro atoms. The van der Waals surface area contributed by atoms with Gasteiger partial charge in [0, 0.05) is 17.9 Å². The van der Waals surface area contributed by atoms with E-state index in [1.807, 2.05) is 6.07 Å². The molecule has 0 N–H and O–H groups in total. The maximum atomic E-state index is 6.05. The minimum atomic E-state index is 0.404. The van der Waals surface area contributed by atoms with Crippen molar-refractivity contribution in [3.63, 3.8) is 0 Å². The van der Waals surface area contributed by atoms with Crippen LogP contribution in [0.4, 0.5) is 0 Å². The van der Waals surface area contributed by atoms with Gasteiger partial charge in [0.15, 0.2) is 0 Å². The van der Waals surface area contributed by atoms with E-state index < -0.39 is 0 Å². The van der Waals surface area contributed by atoms with Gasteiger partial charge in [0.25, 0.3) is 0 Å². The zero-order valence-corrected chi connectivity index (χ0v) is 12.3. The Hall–Kier alpha value is -1.13. The first-order valence-corrected chi connectivity index (χ1v) is 7.65. The molecule has 1 nitrogen and oxygen atoms in total. The number of aryl methyl sites for hydroxylation is 1. The van der Waals surface area contributed by atoms with E-state index in [0.29, 0.717) is 12.0 Å². The zero-order chi connectivity index (χ0) is 13.5. The zero-order valence-electron chi connectivity index (χ0n) is 11.5. The minimum absolute atomic E-state index is 0.404. The summed E-state index contributed by atoms with van der Waals surface area (Å²) in [5, 5.41) is 0. The van der Waals surface area contributed by atoms with Crippen LogP contribution in [0.25, 0.3) is 0 Å². The average molecular weight is 277 g/mol. The van der Waals surface area contributed by atoms with Crippen molar-refractivity contribution in [1.82, 2.24) is 0 Å². The number of halogens is 1. The van der Waals surface area contributed by atoms with Crippen LogP contribution in [0.1, 0.15) is 49.7 Å². The van der Waals surface area contributed by atoms with Crippen LogP contribution in [0.5, 0.6) is 5.75 Å². The highest BCUT2D eigenvalue weighted by molar-refractivity contribution is 6.18. The van der Waals surface area contributed by atoms with Crippen molar-refractivity contribution < 1.29 is 4.74 Å². The van der Waals surface area contributed by atoms with Crippen molar-refractivity contribution in [3.8, 4) is 17.6 Å². The monoisotopic (exact) mass is 276 g/mol. The van der Waals surface area contributed by atoms with Crippen molar-refractivity contribution in [2.24, 2.45) is 0 Å². The Kier molecular flexibility index (Phi) is 5.61. The maximum Gasteiger partial charge on any atom is 0.120 e. The lowest BCUT2D eigenvalue weighted by Crippen LogP contribution is -2.19. The summed E-state index contributed by atoms with van der Waals surface area (Å²) in [5.74, 6) is 7.80. The summed E-state index contributed by atoms with van der Waals surface area (Å²) in [7, 11) is 0. The Balaban J connectivity index is 2.00. The summed E-state index contributed by atoms with van der Waals surface area (Å²) in [6, 6.07) is 6.18. The van der Waals surface area contributed by atoms with Crippen LogP contribution < -0.4 is 4.74 Å². The molecule has 0 heterocycles. The maximum absolute atomic E-state index is 6.05. The fraction of sp³-hybridized carbons (Fsp3) is 0.529. The van der Waals surface area contributed by atoms with E-state index in [1.165, 1.54) is 37.7 Å². The molecule has 2 rings (SSSR count). The molecule has 102 valence electrons. The second-order valence-corrected chi connectivity index (χ2v) is 5.47. The molecule has 0 amide bonds. The van der Waals surface area contributed by atoms with Gasteiger partial charge in [0.1, 0.15) is 5.75 Å². The van der Waals surface area contributed by atoms with Gasteiger partial charge >= 0.3 is 0 Å². The van der Waals surface area contributed by atoms with E-state index in [4.69, 9.17) is 16.3 Å². The predicted octanol–water partition coefficient (Wildman–Crippen LogP) is 4.69. The highest BCUT2D eigenvalue weighted by atomic mass is 35.5. The quantitative estimate of drug-likeness (QED) is 0.575. The molecule has 1 fully saturated rings. The van der Waals surface area contributed by atoms with Gasteiger partial charge in [-0.3, -0.25) is 0 Å². The normalized spacial score (nSPS) is 15.7. The van der Waals surface area contributed by atoms with Gasteiger partial charge < -0.3 is 4.74 Å². The molecule has 19 heavy (non-hydrogen) atoms. The van der Waals surface area contributed by atoms with Crippen LogP contribution >= 0.6 is 11.6 Å². The lowest BCUT2D eigenvalue weighted by molar-refractivity contribution is 0.155. The molecule has 1 aromatic rings. The summed E-state index contributed by atoms with van der Waals surface area (Å²) < 4.78 is 6.05. The smallest absolute Gasteiger partial charge is 0.120 e. The summed E-state index contributed by atoms with van der Waals surface area (Å²) in [6.45, 7) is 2.08. The van der Waals surface area contributed by atoms with Gasteiger partial charge in [-0.15, -0.1) is 11.6 Å². The van der Waals surface area contributed by atoms with Crippen molar-refractivity contribution in [2.45, 2.75) is 51.6 Å². The van der Waals surface area contributed by atoms with Crippen LogP contribution in [0.3, 0.4) is 0 Å². The molecule has 2 heteroatoms. The van der Waals surface area contributed by atoms with Crippen molar-refractivity contribution in [2.75, 3.05) is 5.88 Å². The van der Waals surface area contributed by atoms with Gasteiger partial charge in [-0.1, -0.05) is 18.3 Å². The summed E-state index contributed by atoms with van der Waals surface area (Å²) in [6.07, 6.45) is 7.47. The van der Waals surface area contributed by atoms with Crippen LogP contribution in [-0.4, -0.2) is 12.0 Å². The second-order valence-electron chi connectivity index (χ2n) is 5.10. The van der Waals surface area contributed by atoms with E-state index in [9.17, 15) is 0 Å². The van der Waals surface area contributed by atoms with E-state index in [0.717, 1.165) is 17.7 Å². The molecule has 1 aliphatic carbocycles. The van der Waals surface area contributed by atoms with Gasteiger partial charge in [0.05, 0.1) is 6.10 Å². The molecule has 0 atom stereocenters. The van der Waals surface area contributed by atoms with Crippen LogP contribution in [0, 0.1) is 18.8 Å². The van der Waals surface area contributed by atoms with Gasteiger partial charge in [-0.25, -0.2) is 0 Å². The fourth-order valence-electron chi connectivity index (χ4n) is 2.43. The Labute approximate surface area is 121 Å². The number of benzene rings is 1. The first-order chi connectivity index (χ1) is 9.29. The number of rotatable bonds is 3. The third-order valence-corrected chi connectivity index (χ3v) is 3.68. The van der Waals surface area contributed by atoms with E-state index >= 15 is 0 Å². The summed E-state index contributed by atoms with van der Waals surface area (Å²) >= 11 is 5.62. The molecule has 0 saturated heterocycles. The SMILES string of the molecule is Cc1cc(OC2CCCCC2)ccc1C#CCCCl. The largest absolute Gasteiger partial charge is 0.490 e. The van der Waals surface area contributed by atoms with Gasteiger partial charge in [0.2, 0.25) is 0 Å². The molecule has 0 aliphatic heterocycles. The van der Waals surface area contributed by atoms with E-state index in [1.54, 1.807) is 0 Å². The average Bonchev–Trinajstić information content (AvgIpc) is 2.43. The summed E-state index contributed by atoms with van der Waals surface area (Å²) in [4.78, 5) is 0. The molecular weight excluding hydrogens is 256 g/mol. The Bertz CT molecular complexity index is 464. The molecule has 1 aromatic carbocycles. The highest BCUT2D eigenvalue weighted by Gasteiger charge is 2.14. The third kappa shape index (κ3) is 4.48. The van der Waals surface area contributed by atoms with Gasteiger partial charge in [-0.2, -0.15) is 0 Å². The van der Waals surface area contributed by atoms with Crippen LogP contribution in [-0.2, 0) is 0 Å². The molecule has 0 unspecified atom stereocenters. The molecule has 0 bridgehead atoms. The molecule has 0 aromatic heterocycles. The minimum Gasteiger partial charge on any atom is -0.490 e. The topological polar surface area (TPSA) is 9.23 Å². The molecular formula is C17H21ClO. The number of hydrogen-bond acceptors (Lipinski definition) is 1. The van der Waals surface area contributed by atoms with Crippen LogP contribution in [0.2, 0.25) is 0 Å². The van der Waals surface area contributed by atoms with E-state index in [-0.39, 0.29) is 0 Å². The Morgan fingerprint density at radius 3 is 2.74 bits per heavy atom. The standard InChI is InChI=1S/C17H21ClO/c1-14-13-17(19-16-8-3-2-4-9-16)11-10-15(14)7-5-6-12-18/h10-11,13,16H,2-4,6,8-9,12H2,1H3. The van der Waals surface area contributed by atoms with Crippen molar-refractivity contribution >= 4 is 11.6 Å². The Morgan fingerprint density at radius 1 is 1.26 bits per heavy atom. The lowest BCUT2D eigenvalue weighted by Gasteiger charge is -2.23. The number of alkyl halides is 1. The third-order valence-electron chi connectivity index (χ3n) is 3.50. The lowest BCUT2D eigenvalue weighted by atomic mass is 9.98. The van der Waals surface area contributed by atoms with Crippen molar-refractivity contribution in [1.29, 1.82) is 0 Å². The number of ether oxygens (including phenoxy) is 1. The first kappa shape index (κ1) is 14.3. The molecule has 0 radical (unpaired) electrons. The molecule has 1 aliphatic rings. The highest BCUT2D eigenvalue weighted by Crippen LogP contribution is 2.24. The Morgan fingerprint density at radius 2 is 2.05 bits per heavy atom. The predicted molar refractivity (Wildman–Crippen MR) is 80.9 cm³/mol. The van der Waals surface area contributed by atoms with Crippen LogP contribution in [0.15, 0.2) is 18.2 Å². The first-order valence-electron chi connectivity index (χ1n) is 7.12. The fourth-order valence-corrected chi connectivity index (χ4v) is 2.52.